The van der Waals surface area contributed by atoms with Gasteiger partial charge in [-0.25, -0.2) is 0 Å². The summed E-state index contributed by atoms with van der Waals surface area (Å²) < 4.78 is 0. The third-order valence-electron chi connectivity index (χ3n) is 3.89. The third-order valence-corrected chi connectivity index (χ3v) is 5.21. The first-order valence-electron chi connectivity index (χ1n) is 7.08. The summed E-state index contributed by atoms with van der Waals surface area (Å²) in [5.41, 5.74) is 1.31. The maximum atomic E-state index is 12.1. The molecule has 4 heteroatoms. The summed E-state index contributed by atoms with van der Waals surface area (Å²) in [4.78, 5) is 13.4. The molecular formula is C15H20N2OS. The molecule has 1 unspecified atom stereocenters. The van der Waals surface area contributed by atoms with Crippen LogP contribution in [0.25, 0.3) is 0 Å². The molecule has 3 rings (SSSR count). The van der Waals surface area contributed by atoms with Gasteiger partial charge in [-0.3, -0.25) is 4.79 Å². The van der Waals surface area contributed by atoms with Gasteiger partial charge in [0.15, 0.2) is 0 Å². The smallest absolute Gasteiger partial charge is 0.233 e. The van der Waals surface area contributed by atoms with Crippen molar-refractivity contribution in [2.75, 3.05) is 13.1 Å². The topological polar surface area (TPSA) is 41.1 Å². The summed E-state index contributed by atoms with van der Waals surface area (Å²) in [5, 5.41) is 6.61. The van der Waals surface area contributed by atoms with Gasteiger partial charge in [-0.2, -0.15) is 0 Å². The van der Waals surface area contributed by atoms with E-state index in [-0.39, 0.29) is 11.2 Å². The van der Waals surface area contributed by atoms with Crippen molar-refractivity contribution in [1.29, 1.82) is 0 Å². The van der Waals surface area contributed by atoms with Crippen LogP contribution in [0.4, 0.5) is 0 Å². The molecule has 19 heavy (non-hydrogen) atoms. The molecule has 1 fully saturated rings. The average Bonchev–Trinajstić information content (AvgIpc) is 3.07. The van der Waals surface area contributed by atoms with Crippen LogP contribution in [0.2, 0.25) is 0 Å². The Morgan fingerprint density at radius 3 is 3.11 bits per heavy atom. The first-order chi connectivity index (χ1) is 9.33. The molecule has 0 saturated carbocycles. The van der Waals surface area contributed by atoms with Crippen molar-refractivity contribution in [3.8, 4) is 0 Å². The number of carbonyl (C=O) groups excluding carboxylic acids is 1. The fourth-order valence-electron chi connectivity index (χ4n) is 2.81. The van der Waals surface area contributed by atoms with E-state index in [1.165, 1.54) is 23.3 Å². The number of hydrogen-bond acceptors (Lipinski definition) is 3. The second-order valence-corrected chi connectivity index (χ2v) is 6.54. The predicted molar refractivity (Wildman–Crippen MR) is 78.4 cm³/mol. The Morgan fingerprint density at radius 1 is 1.42 bits per heavy atom. The molecule has 0 aromatic heterocycles. The zero-order valence-corrected chi connectivity index (χ0v) is 11.8. The summed E-state index contributed by atoms with van der Waals surface area (Å²) >= 11 is 1.70. The first kappa shape index (κ1) is 13.0. The van der Waals surface area contributed by atoms with Crippen LogP contribution in [-0.4, -0.2) is 30.3 Å². The highest BCUT2D eigenvalue weighted by Crippen LogP contribution is 2.36. The highest BCUT2D eigenvalue weighted by atomic mass is 32.2. The highest BCUT2D eigenvalue weighted by Gasteiger charge is 2.27. The summed E-state index contributed by atoms with van der Waals surface area (Å²) in [7, 11) is 0. The molecule has 2 aliphatic rings. The normalized spacial score (nSPS) is 25.3. The Bertz CT molecular complexity index is 432. The Morgan fingerprint density at radius 2 is 2.32 bits per heavy atom. The zero-order valence-electron chi connectivity index (χ0n) is 11.0. The van der Waals surface area contributed by atoms with E-state index >= 15 is 0 Å². The maximum Gasteiger partial charge on any atom is 0.233 e. The lowest BCUT2D eigenvalue weighted by atomic mass is 10.1. The Hall–Kier alpha value is -1.00. The monoisotopic (exact) mass is 276 g/mol. The molecule has 1 saturated heterocycles. The van der Waals surface area contributed by atoms with E-state index < -0.39 is 0 Å². The van der Waals surface area contributed by atoms with Gasteiger partial charge in [-0.15, -0.1) is 11.8 Å². The first-order valence-corrected chi connectivity index (χ1v) is 7.96. The van der Waals surface area contributed by atoms with Gasteiger partial charge < -0.3 is 10.6 Å². The van der Waals surface area contributed by atoms with Gasteiger partial charge >= 0.3 is 0 Å². The van der Waals surface area contributed by atoms with Crippen LogP contribution in [0.5, 0.6) is 0 Å². The van der Waals surface area contributed by atoms with Crippen LogP contribution in [0.15, 0.2) is 29.2 Å². The van der Waals surface area contributed by atoms with Crippen molar-refractivity contribution < 1.29 is 4.79 Å². The largest absolute Gasteiger partial charge is 0.355 e. The lowest BCUT2D eigenvalue weighted by molar-refractivity contribution is -0.120. The molecule has 0 bridgehead atoms. The van der Waals surface area contributed by atoms with Crippen LogP contribution in [0, 0.1) is 0 Å². The molecule has 1 aromatic rings. The quantitative estimate of drug-likeness (QED) is 0.883. The molecule has 2 atom stereocenters. The van der Waals surface area contributed by atoms with Gasteiger partial charge in [0.1, 0.15) is 0 Å². The fourth-order valence-corrected chi connectivity index (χ4v) is 4.03. The molecule has 102 valence electrons. The molecule has 2 aliphatic heterocycles. The average molecular weight is 276 g/mol. The number of thioether (sulfide) groups is 1. The number of benzene rings is 1. The van der Waals surface area contributed by atoms with Gasteiger partial charge in [0, 0.05) is 17.5 Å². The van der Waals surface area contributed by atoms with Crippen LogP contribution in [0.1, 0.15) is 24.8 Å². The zero-order chi connectivity index (χ0) is 13.1. The number of amides is 1. The van der Waals surface area contributed by atoms with E-state index in [0.29, 0.717) is 6.04 Å². The van der Waals surface area contributed by atoms with E-state index in [0.717, 1.165) is 25.9 Å². The second kappa shape index (κ2) is 5.97. The highest BCUT2D eigenvalue weighted by molar-refractivity contribution is 8.01. The van der Waals surface area contributed by atoms with Crippen molar-refractivity contribution in [3.63, 3.8) is 0 Å². The van der Waals surface area contributed by atoms with Gasteiger partial charge in [-0.05, 0) is 43.9 Å². The molecule has 0 spiro atoms. The van der Waals surface area contributed by atoms with Crippen LogP contribution < -0.4 is 10.6 Å². The summed E-state index contributed by atoms with van der Waals surface area (Å²) in [6, 6.07) is 8.92. The molecule has 3 nitrogen and oxygen atoms in total. The SMILES string of the molecule is O=C(NCC[C@H]1CCCN1)C1Cc2ccccc2S1. The molecule has 1 aromatic carbocycles. The number of rotatable bonds is 4. The van der Waals surface area contributed by atoms with Crippen LogP contribution in [-0.2, 0) is 11.2 Å². The van der Waals surface area contributed by atoms with E-state index in [2.05, 4.69) is 22.8 Å². The molecule has 0 aliphatic carbocycles. The minimum Gasteiger partial charge on any atom is -0.355 e. The van der Waals surface area contributed by atoms with Crippen molar-refractivity contribution in [2.24, 2.45) is 0 Å². The van der Waals surface area contributed by atoms with E-state index in [1.54, 1.807) is 11.8 Å². The van der Waals surface area contributed by atoms with Gasteiger partial charge in [0.05, 0.1) is 5.25 Å². The fraction of sp³-hybridized carbons (Fsp3) is 0.533. The second-order valence-electron chi connectivity index (χ2n) is 5.29. The molecule has 1 amide bonds. The lowest BCUT2D eigenvalue weighted by Gasteiger charge is -2.13. The lowest BCUT2D eigenvalue weighted by Crippen LogP contribution is -2.35. The number of carbonyl (C=O) groups is 1. The third kappa shape index (κ3) is 3.12. The standard InChI is InChI=1S/C15H20N2OS/c18-15(17-9-7-12-5-3-8-16-12)14-10-11-4-1-2-6-13(11)19-14/h1-2,4,6,12,14,16H,3,5,7-10H2,(H,17,18)/t12-,14?/m1/s1. The van der Waals surface area contributed by atoms with Crippen molar-refractivity contribution in [2.45, 2.75) is 41.9 Å². The Kier molecular flexibility index (Phi) is 4.09. The number of hydrogen-bond donors (Lipinski definition) is 2. The predicted octanol–water partition coefficient (Wildman–Crippen LogP) is 1.96. The summed E-state index contributed by atoms with van der Waals surface area (Å²) in [5.74, 6) is 0.194. The van der Waals surface area contributed by atoms with Crippen molar-refractivity contribution in [3.05, 3.63) is 29.8 Å². The van der Waals surface area contributed by atoms with Crippen LogP contribution in [0.3, 0.4) is 0 Å². The summed E-state index contributed by atoms with van der Waals surface area (Å²) in [6.45, 7) is 1.93. The van der Waals surface area contributed by atoms with E-state index in [4.69, 9.17) is 0 Å². The van der Waals surface area contributed by atoms with Crippen LogP contribution >= 0.6 is 11.8 Å². The number of nitrogens with one attached hydrogen (secondary N) is 2. The minimum atomic E-state index is 0.0638. The van der Waals surface area contributed by atoms with Gasteiger partial charge in [0.2, 0.25) is 5.91 Å². The molecule has 2 N–H and O–H groups in total. The van der Waals surface area contributed by atoms with Crippen molar-refractivity contribution >= 4 is 17.7 Å². The van der Waals surface area contributed by atoms with E-state index in [1.807, 2.05) is 12.1 Å². The molecular weight excluding hydrogens is 256 g/mol. The maximum absolute atomic E-state index is 12.1. The minimum absolute atomic E-state index is 0.0638. The number of fused-ring (bicyclic) bond motifs is 1. The van der Waals surface area contributed by atoms with Gasteiger partial charge in [-0.1, -0.05) is 18.2 Å². The Balaban J connectivity index is 1.44. The molecule has 0 radical (unpaired) electrons. The molecule has 2 heterocycles. The summed E-state index contributed by atoms with van der Waals surface area (Å²) in [6.07, 6.45) is 4.44. The van der Waals surface area contributed by atoms with Gasteiger partial charge in [0.25, 0.3) is 0 Å². The Labute approximate surface area is 118 Å². The van der Waals surface area contributed by atoms with Crippen molar-refractivity contribution in [1.82, 2.24) is 10.6 Å². The van der Waals surface area contributed by atoms with E-state index in [9.17, 15) is 4.79 Å².